The van der Waals surface area contributed by atoms with E-state index in [-0.39, 0.29) is 17.8 Å². The molecule has 1 amide bonds. The number of nitrogens with one attached hydrogen (secondary N) is 1. The molecule has 0 saturated heterocycles. The SMILES string of the molecule is COc1cccc2cc(C(C)NC(=O)c3cnc(-c4ccccc4F)s3)oc12. The molecule has 28 heavy (non-hydrogen) atoms. The Bertz CT molecular complexity index is 1150. The van der Waals surface area contributed by atoms with Crippen LogP contribution in [0.25, 0.3) is 21.5 Å². The molecular formula is C21H17FN2O3S. The van der Waals surface area contributed by atoms with Crippen LogP contribution < -0.4 is 10.1 Å². The highest BCUT2D eigenvalue weighted by atomic mass is 32.1. The summed E-state index contributed by atoms with van der Waals surface area (Å²) in [5.74, 6) is 0.597. The Labute approximate surface area is 164 Å². The third-order valence-electron chi connectivity index (χ3n) is 4.36. The van der Waals surface area contributed by atoms with Gasteiger partial charge in [-0.15, -0.1) is 11.3 Å². The number of rotatable bonds is 5. The molecule has 1 N–H and O–H groups in total. The summed E-state index contributed by atoms with van der Waals surface area (Å²) in [5, 5.41) is 4.25. The van der Waals surface area contributed by atoms with Gasteiger partial charge in [-0.05, 0) is 31.2 Å². The lowest BCUT2D eigenvalue weighted by molar-refractivity contribution is 0.0939. The van der Waals surface area contributed by atoms with Gasteiger partial charge in [0.1, 0.15) is 21.5 Å². The van der Waals surface area contributed by atoms with E-state index in [0.717, 1.165) is 16.7 Å². The number of thiazole rings is 1. The van der Waals surface area contributed by atoms with Crippen LogP contribution in [0.5, 0.6) is 5.75 Å². The summed E-state index contributed by atoms with van der Waals surface area (Å²) in [4.78, 5) is 17.2. The van der Waals surface area contributed by atoms with Crippen LogP contribution in [-0.4, -0.2) is 18.0 Å². The number of para-hydroxylation sites is 1. The summed E-state index contributed by atoms with van der Waals surface area (Å²) in [5.41, 5.74) is 1.02. The monoisotopic (exact) mass is 396 g/mol. The Morgan fingerprint density at radius 2 is 2.07 bits per heavy atom. The molecule has 142 valence electrons. The molecule has 7 heteroatoms. The number of nitrogens with zero attached hydrogens (tertiary/aromatic N) is 1. The van der Waals surface area contributed by atoms with Crippen LogP contribution in [0.15, 0.2) is 59.1 Å². The summed E-state index contributed by atoms with van der Waals surface area (Å²) >= 11 is 1.14. The number of hydrogen-bond donors (Lipinski definition) is 1. The fourth-order valence-corrected chi connectivity index (χ4v) is 3.75. The third-order valence-corrected chi connectivity index (χ3v) is 5.38. The lowest BCUT2D eigenvalue weighted by Gasteiger charge is -2.10. The van der Waals surface area contributed by atoms with Crippen molar-refractivity contribution in [3.63, 3.8) is 0 Å². The zero-order chi connectivity index (χ0) is 19.7. The second-order valence-electron chi connectivity index (χ2n) is 6.23. The second-order valence-corrected chi connectivity index (χ2v) is 7.26. The van der Waals surface area contributed by atoms with E-state index in [1.165, 1.54) is 12.3 Å². The van der Waals surface area contributed by atoms with E-state index in [1.54, 1.807) is 25.3 Å². The Hall–Kier alpha value is -3.19. The van der Waals surface area contributed by atoms with E-state index in [9.17, 15) is 9.18 Å². The van der Waals surface area contributed by atoms with Gasteiger partial charge in [0.05, 0.1) is 19.3 Å². The smallest absolute Gasteiger partial charge is 0.263 e. The van der Waals surface area contributed by atoms with Crippen LogP contribution in [-0.2, 0) is 0 Å². The first kappa shape index (κ1) is 18.2. The molecule has 0 aliphatic heterocycles. The zero-order valence-electron chi connectivity index (χ0n) is 15.2. The highest BCUT2D eigenvalue weighted by Crippen LogP contribution is 2.31. The summed E-state index contributed by atoms with van der Waals surface area (Å²) in [6, 6.07) is 13.5. The van der Waals surface area contributed by atoms with E-state index in [0.29, 0.717) is 32.5 Å². The average molecular weight is 396 g/mol. The number of hydrogen-bond acceptors (Lipinski definition) is 5. The molecule has 1 unspecified atom stereocenters. The van der Waals surface area contributed by atoms with Crippen LogP contribution in [0.4, 0.5) is 4.39 Å². The van der Waals surface area contributed by atoms with Crippen molar-refractivity contribution in [1.82, 2.24) is 10.3 Å². The number of amides is 1. The maximum atomic E-state index is 13.9. The van der Waals surface area contributed by atoms with Gasteiger partial charge in [-0.2, -0.15) is 0 Å². The van der Waals surface area contributed by atoms with E-state index in [2.05, 4.69) is 10.3 Å². The average Bonchev–Trinajstić information content (AvgIpc) is 3.35. The maximum Gasteiger partial charge on any atom is 0.263 e. The van der Waals surface area contributed by atoms with Crippen LogP contribution in [0.2, 0.25) is 0 Å². The van der Waals surface area contributed by atoms with Crippen molar-refractivity contribution in [2.75, 3.05) is 7.11 Å². The van der Waals surface area contributed by atoms with Gasteiger partial charge >= 0.3 is 0 Å². The zero-order valence-corrected chi connectivity index (χ0v) is 16.0. The highest BCUT2D eigenvalue weighted by molar-refractivity contribution is 7.16. The van der Waals surface area contributed by atoms with Gasteiger partial charge in [0.25, 0.3) is 5.91 Å². The van der Waals surface area contributed by atoms with Gasteiger partial charge in [-0.3, -0.25) is 4.79 Å². The number of furan rings is 1. The van der Waals surface area contributed by atoms with Gasteiger partial charge in [-0.1, -0.05) is 24.3 Å². The predicted octanol–water partition coefficient (Wildman–Crippen LogP) is 5.20. The molecule has 2 heterocycles. The Balaban J connectivity index is 1.53. The molecule has 0 spiro atoms. The minimum absolute atomic E-state index is 0.292. The molecular weight excluding hydrogens is 379 g/mol. The fraction of sp³-hybridized carbons (Fsp3) is 0.143. The Morgan fingerprint density at radius 1 is 1.25 bits per heavy atom. The van der Waals surface area contributed by atoms with Crippen molar-refractivity contribution in [3.05, 3.63) is 71.2 Å². The summed E-state index contributed by atoms with van der Waals surface area (Å²) in [7, 11) is 1.58. The van der Waals surface area contributed by atoms with Crippen molar-refractivity contribution in [3.8, 4) is 16.3 Å². The van der Waals surface area contributed by atoms with Crippen LogP contribution >= 0.6 is 11.3 Å². The quantitative estimate of drug-likeness (QED) is 0.504. The molecule has 0 aliphatic rings. The van der Waals surface area contributed by atoms with Crippen molar-refractivity contribution < 1.29 is 18.3 Å². The van der Waals surface area contributed by atoms with E-state index < -0.39 is 0 Å². The lowest BCUT2D eigenvalue weighted by Crippen LogP contribution is -2.25. The van der Waals surface area contributed by atoms with Gasteiger partial charge in [0, 0.05) is 10.9 Å². The normalized spacial score (nSPS) is 12.1. The number of carbonyl (C=O) groups is 1. The molecule has 0 fully saturated rings. The molecule has 4 aromatic rings. The van der Waals surface area contributed by atoms with Crippen molar-refractivity contribution in [1.29, 1.82) is 0 Å². The summed E-state index contributed by atoms with van der Waals surface area (Å²) in [6.45, 7) is 1.83. The molecule has 4 rings (SSSR count). The molecule has 2 aromatic heterocycles. The van der Waals surface area contributed by atoms with Gasteiger partial charge in [0.15, 0.2) is 11.3 Å². The van der Waals surface area contributed by atoms with Gasteiger partial charge in [-0.25, -0.2) is 9.37 Å². The predicted molar refractivity (Wildman–Crippen MR) is 106 cm³/mol. The number of fused-ring (bicyclic) bond motifs is 1. The highest BCUT2D eigenvalue weighted by Gasteiger charge is 2.19. The van der Waals surface area contributed by atoms with E-state index >= 15 is 0 Å². The first-order valence-corrected chi connectivity index (χ1v) is 9.46. The van der Waals surface area contributed by atoms with Crippen LogP contribution in [0.1, 0.15) is 28.4 Å². The Morgan fingerprint density at radius 3 is 2.86 bits per heavy atom. The summed E-state index contributed by atoms with van der Waals surface area (Å²) in [6.07, 6.45) is 1.45. The first-order chi connectivity index (χ1) is 13.6. The fourth-order valence-electron chi connectivity index (χ4n) is 2.91. The van der Waals surface area contributed by atoms with E-state index in [1.807, 2.05) is 31.2 Å². The van der Waals surface area contributed by atoms with Crippen LogP contribution in [0, 0.1) is 5.82 Å². The molecule has 0 saturated carbocycles. The summed E-state index contributed by atoms with van der Waals surface area (Å²) < 4.78 is 25.1. The maximum absolute atomic E-state index is 13.9. The standard InChI is InChI=1S/C21H17FN2O3S/c1-12(17-10-13-6-5-9-16(26-2)19(13)27-17)24-20(25)18-11-23-21(28-18)14-7-3-4-8-15(14)22/h3-12H,1-2H3,(H,24,25). The van der Waals surface area contributed by atoms with Crippen molar-refractivity contribution >= 4 is 28.2 Å². The van der Waals surface area contributed by atoms with Crippen LogP contribution in [0.3, 0.4) is 0 Å². The number of carbonyl (C=O) groups excluding carboxylic acids is 1. The number of ether oxygens (including phenoxy) is 1. The van der Waals surface area contributed by atoms with Gasteiger partial charge in [0.2, 0.25) is 0 Å². The molecule has 0 aliphatic carbocycles. The molecule has 0 radical (unpaired) electrons. The molecule has 0 bridgehead atoms. The minimum Gasteiger partial charge on any atom is -0.493 e. The topological polar surface area (TPSA) is 64.4 Å². The molecule has 2 aromatic carbocycles. The van der Waals surface area contributed by atoms with E-state index in [4.69, 9.17) is 9.15 Å². The molecule has 5 nitrogen and oxygen atoms in total. The van der Waals surface area contributed by atoms with Crippen molar-refractivity contribution in [2.45, 2.75) is 13.0 Å². The number of benzene rings is 2. The van der Waals surface area contributed by atoms with Crippen molar-refractivity contribution in [2.24, 2.45) is 0 Å². The largest absolute Gasteiger partial charge is 0.493 e. The second kappa shape index (κ2) is 7.44. The minimum atomic E-state index is -0.367. The Kier molecular flexibility index (Phi) is 4.83. The van der Waals surface area contributed by atoms with Gasteiger partial charge < -0.3 is 14.5 Å². The number of aromatic nitrogens is 1. The number of halogens is 1. The lowest BCUT2D eigenvalue weighted by atomic mass is 10.2. The first-order valence-electron chi connectivity index (χ1n) is 8.65. The third kappa shape index (κ3) is 3.36. The number of methoxy groups -OCH3 is 1. The molecule has 1 atom stereocenters.